The zero-order valence-electron chi connectivity index (χ0n) is 9.47. The highest BCUT2D eigenvalue weighted by atomic mass is 79.9. The first-order chi connectivity index (χ1) is 8.61. The molecule has 6 heteroatoms. The highest BCUT2D eigenvalue weighted by Gasteiger charge is 2.15. The molecule has 2 aromatic rings. The summed E-state index contributed by atoms with van der Waals surface area (Å²) in [5.41, 5.74) is 1.15. The molecule has 2 rings (SSSR count). The van der Waals surface area contributed by atoms with E-state index < -0.39 is 6.10 Å². The predicted octanol–water partition coefficient (Wildman–Crippen LogP) is 2.98. The summed E-state index contributed by atoms with van der Waals surface area (Å²) in [4.78, 5) is 7.90. The zero-order chi connectivity index (χ0) is 13.1. The number of aliphatic hydroxyl groups excluding tert-OH is 1. The molecule has 1 heterocycles. The van der Waals surface area contributed by atoms with Gasteiger partial charge in [0.15, 0.2) is 0 Å². The van der Waals surface area contributed by atoms with Gasteiger partial charge in [0.2, 0.25) is 0 Å². The van der Waals surface area contributed by atoms with Crippen LogP contribution in [-0.4, -0.2) is 22.2 Å². The van der Waals surface area contributed by atoms with E-state index in [-0.39, 0.29) is 6.01 Å². The van der Waals surface area contributed by atoms with E-state index >= 15 is 0 Å². The summed E-state index contributed by atoms with van der Waals surface area (Å²) in [6.45, 7) is 0. The van der Waals surface area contributed by atoms with Crippen LogP contribution in [-0.2, 0) is 0 Å². The fourth-order valence-electron chi connectivity index (χ4n) is 1.48. The molecule has 0 aliphatic heterocycles. The summed E-state index contributed by atoms with van der Waals surface area (Å²) in [7, 11) is 1.48. The molecule has 18 heavy (non-hydrogen) atoms. The molecule has 0 amide bonds. The lowest BCUT2D eigenvalue weighted by Crippen LogP contribution is -2.03. The Morgan fingerprint density at radius 3 is 2.61 bits per heavy atom. The number of hydrogen-bond donors (Lipinski definition) is 1. The van der Waals surface area contributed by atoms with E-state index in [2.05, 4.69) is 25.9 Å². The fourth-order valence-corrected chi connectivity index (χ4v) is 2.08. The standard InChI is InChI=1S/C12H10BrClN2O2/c1-18-12-15-5-7(6-16-12)11(17)9-4-8(13)2-3-10(9)14/h2-6,11,17H,1H3. The second-order valence-corrected chi connectivity index (χ2v) is 4.89. The van der Waals surface area contributed by atoms with Gasteiger partial charge in [0.25, 0.3) is 0 Å². The van der Waals surface area contributed by atoms with Crippen LogP contribution in [0.1, 0.15) is 17.2 Å². The smallest absolute Gasteiger partial charge is 0.316 e. The molecule has 0 aliphatic carbocycles. The van der Waals surface area contributed by atoms with Crippen LogP contribution < -0.4 is 4.74 Å². The van der Waals surface area contributed by atoms with Crippen molar-refractivity contribution in [3.05, 3.63) is 51.2 Å². The van der Waals surface area contributed by atoms with Gasteiger partial charge in [-0.3, -0.25) is 0 Å². The van der Waals surface area contributed by atoms with E-state index in [1.807, 2.05) is 6.07 Å². The average molecular weight is 330 g/mol. The molecule has 94 valence electrons. The van der Waals surface area contributed by atoms with Crippen LogP contribution in [0, 0.1) is 0 Å². The Balaban J connectivity index is 2.34. The van der Waals surface area contributed by atoms with Gasteiger partial charge < -0.3 is 9.84 Å². The van der Waals surface area contributed by atoms with Crippen molar-refractivity contribution in [1.29, 1.82) is 0 Å². The SMILES string of the molecule is COc1ncc(C(O)c2cc(Br)ccc2Cl)cn1. The van der Waals surface area contributed by atoms with Crippen molar-refractivity contribution in [2.24, 2.45) is 0 Å². The molecular weight excluding hydrogens is 320 g/mol. The summed E-state index contributed by atoms with van der Waals surface area (Å²) in [5, 5.41) is 10.7. The summed E-state index contributed by atoms with van der Waals surface area (Å²) in [6, 6.07) is 5.54. The highest BCUT2D eigenvalue weighted by molar-refractivity contribution is 9.10. The van der Waals surface area contributed by atoms with Crippen molar-refractivity contribution in [1.82, 2.24) is 9.97 Å². The number of aromatic nitrogens is 2. The molecular formula is C12H10BrClN2O2. The van der Waals surface area contributed by atoms with Crippen molar-refractivity contribution in [3.63, 3.8) is 0 Å². The topological polar surface area (TPSA) is 55.2 Å². The van der Waals surface area contributed by atoms with Crippen LogP contribution in [0.5, 0.6) is 6.01 Å². The lowest BCUT2D eigenvalue weighted by molar-refractivity contribution is 0.219. The van der Waals surface area contributed by atoms with E-state index in [9.17, 15) is 5.11 Å². The van der Waals surface area contributed by atoms with Crippen molar-refractivity contribution in [2.75, 3.05) is 7.11 Å². The quantitative estimate of drug-likeness (QED) is 0.940. The van der Waals surface area contributed by atoms with Gasteiger partial charge in [0.05, 0.1) is 7.11 Å². The van der Waals surface area contributed by atoms with Crippen LogP contribution in [0.2, 0.25) is 5.02 Å². The molecule has 0 radical (unpaired) electrons. The Labute approximate surface area is 118 Å². The van der Waals surface area contributed by atoms with Gasteiger partial charge in [0.1, 0.15) is 6.10 Å². The Hall–Kier alpha value is -1.17. The Morgan fingerprint density at radius 2 is 2.00 bits per heavy atom. The number of ether oxygens (including phenoxy) is 1. The molecule has 0 saturated carbocycles. The molecule has 1 atom stereocenters. The Kier molecular flexibility index (Phi) is 4.16. The third-order valence-corrected chi connectivity index (χ3v) is 3.24. The lowest BCUT2D eigenvalue weighted by atomic mass is 10.0. The summed E-state index contributed by atoms with van der Waals surface area (Å²) in [6.07, 6.45) is 2.14. The van der Waals surface area contributed by atoms with E-state index in [0.717, 1.165) is 4.47 Å². The van der Waals surface area contributed by atoms with Crippen LogP contribution in [0.3, 0.4) is 0 Å². The van der Waals surface area contributed by atoms with Crippen LogP contribution >= 0.6 is 27.5 Å². The Bertz CT molecular complexity index is 548. The second kappa shape index (κ2) is 5.65. The Morgan fingerprint density at radius 1 is 1.33 bits per heavy atom. The van der Waals surface area contributed by atoms with Crippen molar-refractivity contribution < 1.29 is 9.84 Å². The lowest BCUT2D eigenvalue weighted by Gasteiger charge is -2.13. The summed E-state index contributed by atoms with van der Waals surface area (Å²) < 4.78 is 5.70. The van der Waals surface area contributed by atoms with E-state index in [4.69, 9.17) is 16.3 Å². The van der Waals surface area contributed by atoms with Gasteiger partial charge in [-0.2, -0.15) is 0 Å². The van der Waals surface area contributed by atoms with Crippen LogP contribution in [0.15, 0.2) is 35.1 Å². The number of nitrogens with zero attached hydrogens (tertiary/aromatic N) is 2. The maximum absolute atomic E-state index is 10.2. The van der Waals surface area contributed by atoms with Crippen molar-refractivity contribution >= 4 is 27.5 Å². The molecule has 1 aromatic carbocycles. The van der Waals surface area contributed by atoms with Gasteiger partial charge in [-0.25, -0.2) is 9.97 Å². The first-order valence-corrected chi connectivity index (χ1v) is 6.28. The molecule has 4 nitrogen and oxygen atoms in total. The predicted molar refractivity (Wildman–Crippen MR) is 71.8 cm³/mol. The first-order valence-electron chi connectivity index (χ1n) is 5.10. The third kappa shape index (κ3) is 2.80. The van der Waals surface area contributed by atoms with Gasteiger partial charge in [-0.05, 0) is 18.2 Å². The molecule has 1 N–H and O–H groups in total. The molecule has 0 fully saturated rings. The number of rotatable bonds is 3. The first kappa shape index (κ1) is 13.3. The normalized spacial score (nSPS) is 12.2. The summed E-state index contributed by atoms with van der Waals surface area (Å²) in [5.74, 6) is 0. The van der Waals surface area contributed by atoms with Gasteiger partial charge in [-0.1, -0.05) is 27.5 Å². The largest absolute Gasteiger partial charge is 0.467 e. The minimum absolute atomic E-state index is 0.256. The summed E-state index contributed by atoms with van der Waals surface area (Å²) >= 11 is 9.39. The van der Waals surface area contributed by atoms with Crippen LogP contribution in [0.25, 0.3) is 0 Å². The van der Waals surface area contributed by atoms with E-state index in [0.29, 0.717) is 16.1 Å². The highest BCUT2D eigenvalue weighted by Crippen LogP contribution is 2.30. The molecule has 1 aromatic heterocycles. The van der Waals surface area contributed by atoms with Crippen molar-refractivity contribution in [3.8, 4) is 6.01 Å². The van der Waals surface area contributed by atoms with Crippen molar-refractivity contribution in [2.45, 2.75) is 6.10 Å². The average Bonchev–Trinajstić information content (AvgIpc) is 2.41. The van der Waals surface area contributed by atoms with E-state index in [1.165, 1.54) is 19.5 Å². The second-order valence-electron chi connectivity index (χ2n) is 3.57. The molecule has 0 aliphatic rings. The molecule has 0 bridgehead atoms. The molecule has 0 spiro atoms. The van der Waals surface area contributed by atoms with Crippen LogP contribution in [0.4, 0.5) is 0 Å². The number of benzene rings is 1. The number of halogens is 2. The molecule has 1 unspecified atom stereocenters. The maximum Gasteiger partial charge on any atom is 0.316 e. The monoisotopic (exact) mass is 328 g/mol. The fraction of sp³-hybridized carbons (Fsp3) is 0.167. The number of aliphatic hydroxyl groups is 1. The minimum atomic E-state index is -0.874. The molecule has 0 saturated heterocycles. The van der Waals surface area contributed by atoms with Gasteiger partial charge >= 0.3 is 6.01 Å². The maximum atomic E-state index is 10.2. The van der Waals surface area contributed by atoms with Gasteiger partial charge in [0, 0.05) is 33.0 Å². The zero-order valence-corrected chi connectivity index (χ0v) is 11.8. The number of hydrogen-bond acceptors (Lipinski definition) is 4. The number of methoxy groups -OCH3 is 1. The third-order valence-electron chi connectivity index (χ3n) is 2.40. The van der Waals surface area contributed by atoms with E-state index in [1.54, 1.807) is 12.1 Å². The minimum Gasteiger partial charge on any atom is -0.467 e. The van der Waals surface area contributed by atoms with Gasteiger partial charge in [-0.15, -0.1) is 0 Å².